The first-order valence-electron chi connectivity index (χ1n) is 8.78. The van der Waals surface area contributed by atoms with E-state index in [0.29, 0.717) is 5.75 Å². The van der Waals surface area contributed by atoms with E-state index < -0.39 is 10.0 Å². The molecule has 1 aromatic carbocycles. The lowest BCUT2D eigenvalue weighted by Crippen LogP contribution is -2.29. The maximum Gasteiger partial charge on any atom is 0.240 e. The monoisotopic (exact) mass is 395 g/mol. The zero-order valence-corrected chi connectivity index (χ0v) is 16.8. The van der Waals surface area contributed by atoms with Gasteiger partial charge in [-0.05, 0) is 56.6 Å². The van der Waals surface area contributed by atoms with Crippen LogP contribution in [0.3, 0.4) is 0 Å². The minimum absolute atomic E-state index is 0.206. The second-order valence-corrected chi connectivity index (χ2v) is 9.23. The number of hydrogen-bond acceptors (Lipinski definition) is 6. The molecule has 0 spiro atoms. The molecule has 142 valence electrons. The highest BCUT2D eigenvalue weighted by atomic mass is 32.2. The van der Waals surface area contributed by atoms with Gasteiger partial charge in [0.25, 0.3) is 0 Å². The van der Waals surface area contributed by atoms with E-state index in [-0.39, 0.29) is 11.4 Å². The van der Waals surface area contributed by atoms with E-state index in [9.17, 15) is 8.42 Å². The Bertz CT molecular complexity index is 843. The Morgan fingerprint density at radius 3 is 2.73 bits per heavy atom. The Morgan fingerprint density at radius 2 is 2.04 bits per heavy atom. The van der Waals surface area contributed by atoms with Crippen molar-refractivity contribution in [2.24, 2.45) is 0 Å². The molecule has 2 heterocycles. The molecule has 0 aliphatic carbocycles. The van der Waals surface area contributed by atoms with Crippen molar-refractivity contribution in [2.45, 2.75) is 44.2 Å². The Kier molecular flexibility index (Phi) is 6.29. The molecule has 0 bridgehead atoms. The highest BCUT2D eigenvalue weighted by Gasteiger charge is 2.17. The Labute approximate surface area is 159 Å². The SMILES string of the molecule is COc1ccc(S(=O)(=O)NCc2nc(CN3CCCCC3)cs2)cc1C. The van der Waals surface area contributed by atoms with Crippen molar-refractivity contribution in [1.29, 1.82) is 0 Å². The van der Waals surface area contributed by atoms with Crippen LogP contribution in [0.2, 0.25) is 0 Å². The van der Waals surface area contributed by atoms with Gasteiger partial charge in [-0.25, -0.2) is 18.1 Å². The molecule has 2 aromatic rings. The van der Waals surface area contributed by atoms with E-state index in [4.69, 9.17) is 4.74 Å². The quantitative estimate of drug-likeness (QED) is 0.780. The molecule has 1 N–H and O–H groups in total. The molecule has 1 saturated heterocycles. The molecule has 1 aliphatic heterocycles. The minimum atomic E-state index is -3.57. The van der Waals surface area contributed by atoms with E-state index in [1.807, 2.05) is 12.3 Å². The van der Waals surface area contributed by atoms with Crippen molar-refractivity contribution in [3.05, 3.63) is 39.8 Å². The number of aryl methyl sites for hydroxylation is 1. The van der Waals surface area contributed by atoms with Crippen molar-refractivity contribution in [3.8, 4) is 5.75 Å². The number of piperidine rings is 1. The average Bonchev–Trinajstić information content (AvgIpc) is 3.08. The fourth-order valence-corrected chi connectivity index (χ4v) is 5.00. The van der Waals surface area contributed by atoms with Crippen molar-refractivity contribution >= 4 is 21.4 Å². The van der Waals surface area contributed by atoms with Crippen LogP contribution in [0, 0.1) is 6.92 Å². The van der Waals surface area contributed by atoms with E-state index in [1.54, 1.807) is 25.3 Å². The molecule has 0 saturated carbocycles. The smallest absolute Gasteiger partial charge is 0.240 e. The summed E-state index contributed by atoms with van der Waals surface area (Å²) in [6, 6.07) is 4.84. The average molecular weight is 396 g/mol. The Balaban J connectivity index is 1.60. The maximum atomic E-state index is 12.5. The summed E-state index contributed by atoms with van der Waals surface area (Å²) in [6.07, 6.45) is 3.81. The van der Waals surface area contributed by atoms with Crippen molar-refractivity contribution in [1.82, 2.24) is 14.6 Å². The summed E-state index contributed by atoms with van der Waals surface area (Å²) in [5.41, 5.74) is 1.81. The van der Waals surface area contributed by atoms with Crippen LogP contribution in [0.15, 0.2) is 28.5 Å². The van der Waals surface area contributed by atoms with Gasteiger partial charge in [-0.2, -0.15) is 0 Å². The third-order valence-electron chi connectivity index (χ3n) is 4.52. The lowest BCUT2D eigenvalue weighted by Gasteiger charge is -2.25. The number of ether oxygens (including phenoxy) is 1. The predicted molar refractivity (Wildman–Crippen MR) is 103 cm³/mol. The van der Waals surface area contributed by atoms with E-state index in [2.05, 4.69) is 14.6 Å². The molecule has 1 aromatic heterocycles. The molecule has 26 heavy (non-hydrogen) atoms. The predicted octanol–water partition coefficient (Wildman–Crippen LogP) is 2.92. The van der Waals surface area contributed by atoms with Gasteiger partial charge in [-0.3, -0.25) is 4.90 Å². The van der Waals surface area contributed by atoms with Gasteiger partial charge in [0, 0.05) is 11.9 Å². The van der Waals surface area contributed by atoms with Crippen molar-refractivity contribution in [3.63, 3.8) is 0 Å². The Morgan fingerprint density at radius 1 is 1.27 bits per heavy atom. The van der Waals surface area contributed by atoms with E-state index in [1.165, 1.54) is 30.6 Å². The minimum Gasteiger partial charge on any atom is -0.496 e. The molecule has 6 nitrogen and oxygen atoms in total. The summed E-state index contributed by atoms with van der Waals surface area (Å²) in [5.74, 6) is 0.672. The number of benzene rings is 1. The summed E-state index contributed by atoms with van der Waals surface area (Å²) in [5, 5.41) is 2.81. The number of rotatable bonds is 7. The van der Waals surface area contributed by atoms with Crippen LogP contribution in [0.5, 0.6) is 5.75 Å². The maximum absolute atomic E-state index is 12.5. The lowest BCUT2D eigenvalue weighted by atomic mass is 10.1. The first-order valence-corrected chi connectivity index (χ1v) is 11.1. The summed E-state index contributed by atoms with van der Waals surface area (Å²) in [6.45, 7) is 5.12. The van der Waals surface area contributed by atoms with Gasteiger partial charge in [0.15, 0.2) is 0 Å². The zero-order chi connectivity index (χ0) is 18.6. The van der Waals surface area contributed by atoms with Crippen molar-refractivity contribution < 1.29 is 13.2 Å². The highest BCUT2D eigenvalue weighted by Crippen LogP contribution is 2.22. The largest absolute Gasteiger partial charge is 0.496 e. The van der Waals surface area contributed by atoms with Crippen LogP contribution in [0.25, 0.3) is 0 Å². The second kappa shape index (κ2) is 8.47. The number of nitrogens with zero attached hydrogens (tertiary/aromatic N) is 2. The second-order valence-electron chi connectivity index (χ2n) is 6.53. The van der Waals surface area contributed by atoms with Crippen LogP contribution in [-0.4, -0.2) is 38.5 Å². The van der Waals surface area contributed by atoms with Crippen LogP contribution in [-0.2, 0) is 23.1 Å². The van der Waals surface area contributed by atoms with Gasteiger partial charge in [-0.15, -0.1) is 11.3 Å². The number of nitrogens with one attached hydrogen (secondary N) is 1. The first-order chi connectivity index (χ1) is 12.5. The molecule has 0 unspecified atom stereocenters. The molecule has 8 heteroatoms. The van der Waals surface area contributed by atoms with Gasteiger partial charge in [0.1, 0.15) is 10.8 Å². The van der Waals surface area contributed by atoms with Gasteiger partial charge in [-0.1, -0.05) is 6.42 Å². The molecule has 1 fully saturated rings. The molecule has 0 atom stereocenters. The summed E-state index contributed by atoms with van der Waals surface area (Å²) >= 11 is 1.50. The summed E-state index contributed by atoms with van der Waals surface area (Å²) in [4.78, 5) is 7.22. The molecule has 0 amide bonds. The fraction of sp³-hybridized carbons (Fsp3) is 0.500. The van der Waals surface area contributed by atoms with Crippen LogP contribution >= 0.6 is 11.3 Å². The topological polar surface area (TPSA) is 71.5 Å². The van der Waals surface area contributed by atoms with Gasteiger partial charge in [0.2, 0.25) is 10.0 Å². The number of likely N-dealkylation sites (tertiary alicyclic amines) is 1. The van der Waals surface area contributed by atoms with Crippen LogP contribution in [0.1, 0.15) is 35.5 Å². The normalized spacial score (nSPS) is 15.9. The van der Waals surface area contributed by atoms with Crippen LogP contribution in [0.4, 0.5) is 0 Å². The fourth-order valence-electron chi connectivity index (χ4n) is 3.11. The van der Waals surface area contributed by atoms with E-state index in [0.717, 1.165) is 35.9 Å². The number of hydrogen-bond donors (Lipinski definition) is 1. The highest BCUT2D eigenvalue weighted by molar-refractivity contribution is 7.89. The van der Waals surface area contributed by atoms with Gasteiger partial charge < -0.3 is 4.74 Å². The Hall–Kier alpha value is -1.48. The zero-order valence-electron chi connectivity index (χ0n) is 15.2. The third-order valence-corrected chi connectivity index (χ3v) is 6.82. The summed E-state index contributed by atoms with van der Waals surface area (Å²) in [7, 11) is -2.01. The standard InChI is InChI=1S/C18H25N3O3S2/c1-14-10-16(6-7-17(14)24-2)26(22,23)19-11-18-20-15(13-25-18)12-21-8-4-3-5-9-21/h6-7,10,13,19H,3-5,8-9,11-12H2,1-2H3. The number of aromatic nitrogens is 1. The lowest BCUT2D eigenvalue weighted by molar-refractivity contribution is 0.219. The molecular weight excluding hydrogens is 370 g/mol. The van der Waals surface area contributed by atoms with Crippen LogP contribution < -0.4 is 9.46 Å². The van der Waals surface area contributed by atoms with Crippen molar-refractivity contribution in [2.75, 3.05) is 20.2 Å². The third kappa shape index (κ3) is 4.82. The van der Waals surface area contributed by atoms with Gasteiger partial charge in [0.05, 0.1) is 24.2 Å². The first kappa shape index (κ1) is 19.3. The number of methoxy groups -OCH3 is 1. The molecule has 1 aliphatic rings. The molecule has 0 radical (unpaired) electrons. The molecular formula is C18H25N3O3S2. The summed E-state index contributed by atoms with van der Waals surface area (Å²) < 4.78 is 32.8. The molecule has 3 rings (SSSR count). The number of thiazole rings is 1. The van der Waals surface area contributed by atoms with E-state index >= 15 is 0 Å². The van der Waals surface area contributed by atoms with Gasteiger partial charge >= 0.3 is 0 Å². The number of sulfonamides is 1.